The van der Waals surface area contributed by atoms with Crippen molar-refractivity contribution in [2.75, 3.05) is 0 Å². The lowest BCUT2D eigenvalue weighted by Crippen LogP contribution is -1.92. The number of thioether (sulfide) groups is 1. The molecule has 0 saturated carbocycles. The van der Waals surface area contributed by atoms with Gasteiger partial charge in [-0.2, -0.15) is 4.98 Å². The fourth-order valence-electron chi connectivity index (χ4n) is 1.66. The van der Waals surface area contributed by atoms with Crippen LogP contribution in [0.3, 0.4) is 0 Å². The van der Waals surface area contributed by atoms with Gasteiger partial charge in [-0.1, -0.05) is 47.3 Å². The molecule has 2 heterocycles. The molecule has 0 aliphatic rings. The normalized spacial score (nSPS) is 12.2. The standard InChI is InChI=1S/C14H12N4OS/c1-10(20-14-15-8-5-9-16-14)13-17-12(18-19-13)11-6-3-2-4-7-11/h2-10H,1H3. The fourth-order valence-corrected chi connectivity index (χ4v) is 2.42. The van der Waals surface area contributed by atoms with E-state index in [9.17, 15) is 0 Å². The smallest absolute Gasteiger partial charge is 0.240 e. The maximum atomic E-state index is 5.32. The van der Waals surface area contributed by atoms with Crippen LogP contribution in [0.4, 0.5) is 0 Å². The van der Waals surface area contributed by atoms with Crippen molar-refractivity contribution < 1.29 is 4.52 Å². The van der Waals surface area contributed by atoms with Crippen molar-refractivity contribution in [3.05, 3.63) is 54.7 Å². The Morgan fingerprint density at radius 2 is 1.80 bits per heavy atom. The number of nitrogens with zero attached hydrogens (tertiary/aromatic N) is 4. The van der Waals surface area contributed by atoms with Gasteiger partial charge in [0.05, 0.1) is 5.25 Å². The maximum absolute atomic E-state index is 5.32. The maximum Gasteiger partial charge on any atom is 0.240 e. The molecule has 0 saturated heterocycles. The lowest BCUT2D eigenvalue weighted by atomic mass is 10.2. The van der Waals surface area contributed by atoms with Gasteiger partial charge in [-0.05, 0) is 13.0 Å². The second kappa shape index (κ2) is 5.83. The van der Waals surface area contributed by atoms with Crippen LogP contribution in [0.5, 0.6) is 0 Å². The monoisotopic (exact) mass is 284 g/mol. The molecule has 0 spiro atoms. The molecule has 0 radical (unpaired) electrons. The predicted octanol–water partition coefficient (Wildman–Crippen LogP) is 3.38. The Labute approximate surface area is 120 Å². The Morgan fingerprint density at radius 1 is 1.05 bits per heavy atom. The van der Waals surface area contributed by atoms with E-state index in [-0.39, 0.29) is 5.25 Å². The van der Waals surface area contributed by atoms with Crippen LogP contribution in [0.25, 0.3) is 11.4 Å². The molecule has 2 aromatic heterocycles. The third-order valence-electron chi connectivity index (χ3n) is 2.65. The molecule has 1 unspecified atom stereocenters. The highest BCUT2D eigenvalue weighted by Crippen LogP contribution is 2.32. The highest BCUT2D eigenvalue weighted by molar-refractivity contribution is 7.99. The van der Waals surface area contributed by atoms with Crippen LogP contribution in [-0.4, -0.2) is 20.1 Å². The first kappa shape index (κ1) is 12.8. The van der Waals surface area contributed by atoms with Crippen molar-refractivity contribution in [1.82, 2.24) is 20.1 Å². The molecule has 3 aromatic rings. The van der Waals surface area contributed by atoms with Crippen LogP contribution in [0, 0.1) is 0 Å². The Morgan fingerprint density at radius 3 is 2.55 bits per heavy atom. The fraction of sp³-hybridized carbons (Fsp3) is 0.143. The van der Waals surface area contributed by atoms with Gasteiger partial charge in [0.2, 0.25) is 11.7 Å². The lowest BCUT2D eigenvalue weighted by molar-refractivity contribution is 0.380. The van der Waals surface area contributed by atoms with E-state index >= 15 is 0 Å². The molecular weight excluding hydrogens is 272 g/mol. The second-order valence-corrected chi connectivity index (χ2v) is 5.42. The van der Waals surface area contributed by atoms with Crippen molar-refractivity contribution in [3.8, 4) is 11.4 Å². The largest absolute Gasteiger partial charge is 0.338 e. The molecule has 0 N–H and O–H groups in total. The highest BCUT2D eigenvalue weighted by Gasteiger charge is 2.17. The molecule has 0 aliphatic carbocycles. The van der Waals surface area contributed by atoms with Crippen molar-refractivity contribution in [1.29, 1.82) is 0 Å². The summed E-state index contributed by atoms with van der Waals surface area (Å²) in [5.74, 6) is 1.17. The van der Waals surface area contributed by atoms with Crippen LogP contribution in [0.2, 0.25) is 0 Å². The van der Waals surface area contributed by atoms with Gasteiger partial charge in [0.25, 0.3) is 0 Å². The minimum atomic E-state index is 0.00219. The summed E-state index contributed by atoms with van der Waals surface area (Å²) in [5, 5.41) is 4.71. The van der Waals surface area contributed by atoms with E-state index in [0.717, 1.165) is 5.56 Å². The van der Waals surface area contributed by atoms with Gasteiger partial charge in [-0.25, -0.2) is 9.97 Å². The van der Waals surface area contributed by atoms with E-state index in [0.29, 0.717) is 16.9 Å². The quantitative estimate of drug-likeness (QED) is 0.540. The zero-order chi connectivity index (χ0) is 13.8. The Hall–Kier alpha value is -2.21. The van der Waals surface area contributed by atoms with E-state index in [4.69, 9.17) is 4.52 Å². The molecule has 100 valence electrons. The summed E-state index contributed by atoms with van der Waals surface area (Å²) in [6, 6.07) is 11.5. The molecule has 5 nitrogen and oxygen atoms in total. The third-order valence-corrected chi connectivity index (χ3v) is 3.62. The number of benzene rings is 1. The van der Waals surface area contributed by atoms with Gasteiger partial charge < -0.3 is 4.52 Å². The molecule has 0 fully saturated rings. The summed E-state index contributed by atoms with van der Waals surface area (Å²) < 4.78 is 5.32. The molecule has 0 aliphatic heterocycles. The molecule has 1 aromatic carbocycles. The van der Waals surface area contributed by atoms with Gasteiger partial charge >= 0.3 is 0 Å². The van der Waals surface area contributed by atoms with Crippen LogP contribution >= 0.6 is 11.8 Å². The second-order valence-electron chi connectivity index (χ2n) is 4.11. The van der Waals surface area contributed by atoms with Gasteiger partial charge in [-0.3, -0.25) is 0 Å². The minimum Gasteiger partial charge on any atom is -0.338 e. The van der Waals surface area contributed by atoms with Gasteiger partial charge in [-0.15, -0.1) is 0 Å². The van der Waals surface area contributed by atoms with Gasteiger partial charge in [0.15, 0.2) is 5.16 Å². The van der Waals surface area contributed by atoms with E-state index in [1.54, 1.807) is 18.5 Å². The minimum absolute atomic E-state index is 0.00219. The van der Waals surface area contributed by atoms with Crippen molar-refractivity contribution in [3.63, 3.8) is 0 Å². The van der Waals surface area contributed by atoms with Crippen molar-refractivity contribution in [2.45, 2.75) is 17.3 Å². The lowest BCUT2D eigenvalue weighted by Gasteiger charge is -2.03. The molecule has 20 heavy (non-hydrogen) atoms. The molecular formula is C14H12N4OS. The van der Waals surface area contributed by atoms with Crippen LogP contribution in [0.15, 0.2) is 58.5 Å². The van der Waals surface area contributed by atoms with Gasteiger partial charge in [0, 0.05) is 18.0 Å². The first-order chi connectivity index (χ1) is 9.83. The van der Waals surface area contributed by atoms with Crippen LogP contribution in [-0.2, 0) is 0 Å². The first-order valence-electron chi connectivity index (χ1n) is 6.15. The molecule has 1 atom stereocenters. The third kappa shape index (κ3) is 2.85. The SMILES string of the molecule is CC(Sc1ncccn1)c1nc(-c2ccccc2)no1. The predicted molar refractivity (Wildman–Crippen MR) is 76.0 cm³/mol. The van der Waals surface area contributed by atoms with Crippen LogP contribution < -0.4 is 0 Å². The summed E-state index contributed by atoms with van der Waals surface area (Å²) in [6.45, 7) is 1.99. The molecule has 3 rings (SSSR count). The number of aromatic nitrogens is 4. The summed E-state index contributed by atoms with van der Waals surface area (Å²) in [6.07, 6.45) is 3.43. The van der Waals surface area contributed by atoms with E-state index in [2.05, 4.69) is 20.1 Å². The summed E-state index contributed by atoms with van der Waals surface area (Å²) in [7, 11) is 0. The zero-order valence-electron chi connectivity index (χ0n) is 10.8. The molecule has 6 heteroatoms. The molecule has 0 bridgehead atoms. The van der Waals surface area contributed by atoms with E-state index < -0.39 is 0 Å². The Kier molecular flexibility index (Phi) is 3.73. The van der Waals surface area contributed by atoms with E-state index in [1.807, 2.05) is 37.3 Å². The average Bonchev–Trinajstić information content (AvgIpc) is 2.99. The summed E-state index contributed by atoms with van der Waals surface area (Å²) in [5.41, 5.74) is 0.940. The van der Waals surface area contributed by atoms with Crippen molar-refractivity contribution >= 4 is 11.8 Å². The zero-order valence-corrected chi connectivity index (χ0v) is 11.6. The summed E-state index contributed by atoms with van der Waals surface area (Å²) in [4.78, 5) is 12.8. The number of hydrogen-bond acceptors (Lipinski definition) is 6. The number of rotatable bonds is 4. The topological polar surface area (TPSA) is 64.7 Å². The molecule has 0 amide bonds. The van der Waals surface area contributed by atoms with Gasteiger partial charge in [0.1, 0.15) is 0 Å². The number of hydrogen-bond donors (Lipinski definition) is 0. The summed E-state index contributed by atoms with van der Waals surface area (Å²) >= 11 is 1.49. The first-order valence-corrected chi connectivity index (χ1v) is 7.03. The van der Waals surface area contributed by atoms with Crippen LogP contribution in [0.1, 0.15) is 18.1 Å². The Balaban J connectivity index is 1.77. The average molecular weight is 284 g/mol. The Bertz CT molecular complexity index is 672. The van der Waals surface area contributed by atoms with Crippen molar-refractivity contribution in [2.24, 2.45) is 0 Å². The van der Waals surface area contributed by atoms with E-state index in [1.165, 1.54) is 11.8 Å². The highest BCUT2D eigenvalue weighted by atomic mass is 32.2.